The van der Waals surface area contributed by atoms with Crippen molar-refractivity contribution in [3.63, 3.8) is 0 Å². The quantitative estimate of drug-likeness (QED) is 0.872. The van der Waals surface area contributed by atoms with Gasteiger partial charge in [-0.25, -0.2) is 0 Å². The molecular formula is C22H34N3O2+. The molecule has 2 aliphatic heterocycles. The summed E-state index contributed by atoms with van der Waals surface area (Å²) in [6, 6.07) is 8.77. The first kappa shape index (κ1) is 18.6. The average molecular weight is 373 g/mol. The Kier molecular flexibility index (Phi) is 5.86. The normalized spacial score (nSPS) is 26.6. The number of ether oxygens (including phenoxy) is 1. The number of carbonyl (C=O) groups excluding carboxylic acids is 1. The number of piperidine rings is 1. The lowest BCUT2D eigenvalue weighted by atomic mass is 9.78. The van der Waals surface area contributed by atoms with E-state index >= 15 is 0 Å². The fourth-order valence-electron chi connectivity index (χ4n) is 5.38. The SMILES string of the molecule is COc1ccccc1N1CC[NH+](CC(=O)N2CCC[C@@H]3CCCC[C@H]32)CC1. The van der Waals surface area contributed by atoms with E-state index in [0.717, 1.165) is 44.4 Å². The average Bonchev–Trinajstić information content (AvgIpc) is 2.74. The molecule has 2 atom stereocenters. The van der Waals surface area contributed by atoms with E-state index in [2.05, 4.69) is 21.9 Å². The fraction of sp³-hybridized carbons (Fsp3) is 0.682. The molecule has 0 radical (unpaired) electrons. The van der Waals surface area contributed by atoms with Crippen LogP contribution in [0.25, 0.3) is 0 Å². The summed E-state index contributed by atoms with van der Waals surface area (Å²) >= 11 is 0. The summed E-state index contributed by atoms with van der Waals surface area (Å²) in [5.41, 5.74) is 1.17. The lowest BCUT2D eigenvalue weighted by Gasteiger charge is -2.44. The van der Waals surface area contributed by atoms with Crippen molar-refractivity contribution in [1.82, 2.24) is 4.90 Å². The van der Waals surface area contributed by atoms with Crippen LogP contribution in [0.2, 0.25) is 0 Å². The third-order valence-corrected chi connectivity index (χ3v) is 6.86. The van der Waals surface area contributed by atoms with Crippen molar-refractivity contribution in [3.05, 3.63) is 24.3 Å². The maximum Gasteiger partial charge on any atom is 0.278 e. The van der Waals surface area contributed by atoms with Gasteiger partial charge in [0.05, 0.1) is 39.0 Å². The number of benzene rings is 1. The van der Waals surface area contributed by atoms with Gasteiger partial charge in [-0.15, -0.1) is 0 Å². The molecule has 3 aliphatic rings. The van der Waals surface area contributed by atoms with E-state index in [9.17, 15) is 4.79 Å². The summed E-state index contributed by atoms with van der Waals surface area (Å²) in [5.74, 6) is 2.11. The Labute approximate surface area is 163 Å². The number of amides is 1. The second-order valence-electron chi connectivity index (χ2n) is 8.43. The molecule has 1 aromatic carbocycles. The zero-order chi connectivity index (χ0) is 18.6. The van der Waals surface area contributed by atoms with Gasteiger partial charge in [-0.3, -0.25) is 4.79 Å². The number of quaternary nitrogens is 1. The lowest BCUT2D eigenvalue weighted by molar-refractivity contribution is -0.892. The fourth-order valence-corrected chi connectivity index (χ4v) is 5.38. The van der Waals surface area contributed by atoms with Crippen LogP contribution in [0.4, 0.5) is 5.69 Å². The van der Waals surface area contributed by atoms with E-state index in [1.54, 1.807) is 7.11 Å². The smallest absolute Gasteiger partial charge is 0.278 e. The van der Waals surface area contributed by atoms with E-state index in [1.165, 1.54) is 49.1 Å². The largest absolute Gasteiger partial charge is 0.495 e. The standard InChI is InChI=1S/C22H33N3O2/c1-27-21-11-5-4-10-20(21)24-15-13-23(14-16-24)17-22(26)25-12-6-8-18-7-2-3-9-19(18)25/h4-5,10-11,18-19H,2-3,6-9,12-17H2,1H3/p+1/t18-,19+/m0/s1. The number of piperazine rings is 1. The van der Waals surface area contributed by atoms with Gasteiger partial charge in [0.1, 0.15) is 5.75 Å². The summed E-state index contributed by atoms with van der Waals surface area (Å²) in [6.07, 6.45) is 7.75. The number of likely N-dealkylation sites (tertiary alicyclic amines) is 1. The summed E-state index contributed by atoms with van der Waals surface area (Å²) in [7, 11) is 1.73. The van der Waals surface area contributed by atoms with E-state index in [4.69, 9.17) is 4.74 Å². The zero-order valence-corrected chi connectivity index (χ0v) is 16.7. The number of para-hydroxylation sites is 2. The summed E-state index contributed by atoms with van der Waals surface area (Å²) < 4.78 is 5.51. The van der Waals surface area contributed by atoms with Crippen LogP contribution in [0, 0.1) is 5.92 Å². The molecule has 5 heteroatoms. The maximum atomic E-state index is 13.0. The van der Waals surface area contributed by atoms with Crippen LogP contribution in [0.3, 0.4) is 0 Å². The second kappa shape index (κ2) is 8.51. The molecule has 1 aromatic rings. The van der Waals surface area contributed by atoms with E-state index in [-0.39, 0.29) is 0 Å². The first-order valence-electron chi connectivity index (χ1n) is 10.8. The Balaban J connectivity index is 1.32. The monoisotopic (exact) mass is 372 g/mol. The van der Waals surface area contributed by atoms with Gasteiger partial charge < -0.3 is 19.4 Å². The Morgan fingerprint density at radius 2 is 1.81 bits per heavy atom. The van der Waals surface area contributed by atoms with Crippen LogP contribution in [0.15, 0.2) is 24.3 Å². The molecule has 1 aliphatic carbocycles. The lowest BCUT2D eigenvalue weighted by Crippen LogP contribution is -3.16. The predicted molar refractivity (Wildman–Crippen MR) is 107 cm³/mol. The number of nitrogens with zero attached hydrogens (tertiary/aromatic N) is 2. The van der Waals surface area contributed by atoms with Crippen molar-refractivity contribution in [3.8, 4) is 5.75 Å². The van der Waals surface area contributed by atoms with Crippen LogP contribution in [-0.4, -0.2) is 63.2 Å². The van der Waals surface area contributed by atoms with Crippen LogP contribution in [-0.2, 0) is 4.79 Å². The van der Waals surface area contributed by atoms with E-state index < -0.39 is 0 Å². The molecule has 1 saturated carbocycles. The number of hydrogen-bond donors (Lipinski definition) is 1. The summed E-state index contributed by atoms with van der Waals surface area (Å²) in [5, 5.41) is 0. The molecule has 3 fully saturated rings. The molecule has 0 unspecified atom stereocenters. The number of nitrogens with one attached hydrogen (secondary N) is 1. The number of hydrogen-bond acceptors (Lipinski definition) is 3. The first-order valence-corrected chi connectivity index (χ1v) is 10.8. The Bertz CT molecular complexity index is 640. The second-order valence-corrected chi connectivity index (χ2v) is 8.43. The molecule has 1 N–H and O–H groups in total. The zero-order valence-electron chi connectivity index (χ0n) is 16.7. The number of fused-ring (bicyclic) bond motifs is 1. The molecule has 4 rings (SSSR count). The third kappa shape index (κ3) is 4.08. The molecule has 1 amide bonds. The van der Waals surface area contributed by atoms with Crippen LogP contribution in [0.5, 0.6) is 5.75 Å². The van der Waals surface area contributed by atoms with Gasteiger partial charge in [0.15, 0.2) is 6.54 Å². The van der Waals surface area contributed by atoms with Crippen LogP contribution >= 0.6 is 0 Å². The maximum absolute atomic E-state index is 13.0. The van der Waals surface area contributed by atoms with Gasteiger partial charge in [-0.05, 0) is 43.7 Å². The van der Waals surface area contributed by atoms with Gasteiger partial charge in [0.2, 0.25) is 0 Å². The van der Waals surface area contributed by atoms with Gasteiger partial charge in [-0.1, -0.05) is 25.0 Å². The highest BCUT2D eigenvalue weighted by Gasteiger charge is 2.37. The van der Waals surface area contributed by atoms with Crippen molar-refractivity contribution in [1.29, 1.82) is 0 Å². The van der Waals surface area contributed by atoms with Gasteiger partial charge in [0, 0.05) is 12.6 Å². The minimum atomic E-state index is 0.396. The van der Waals surface area contributed by atoms with Crippen molar-refractivity contribution >= 4 is 11.6 Å². The molecule has 5 nitrogen and oxygen atoms in total. The van der Waals surface area contributed by atoms with Gasteiger partial charge in [0.25, 0.3) is 5.91 Å². The molecule has 2 saturated heterocycles. The number of rotatable bonds is 4. The highest BCUT2D eigenvalue weighted by atomic mass is 16.5. The predicted octanol–water partition coefficient (Wildman–Crippen LogP) is 1.58. The minimum absolute atomic E-state index is 0.396. The molecule has 0 bridgehead atoms. The third-order valence-electron chi connectivity index (χ3n) is 6.86. The first-order chi connectivity index (χ1) is 13.3. The minimum Gasteiger partial charge on any atom is -0.495 e. The van der Waals surface area contributed by atoms with Crippen molar-refractivity contribution in [2.45, 2.75) is 44.6 Å². The number of carbonyl (C=O) groups is 1. The number of anilines is 1. The van der Waals surface area contributed by atoms with Gasteiger partial charge in [-0.2, -0.15) is 0 Å². The molecular weight excluding hydrogens is 338 g/mol. The topological polar surface area (TPSA) is 37.2 Å². The molecule has 27 heavy (non-hydrogen) atoms. The summed E-state index contributed by atoms with van der Waals surface area (Å²) in [4.78, 5) is 19.1. The molecule has 2 heterocycles. The van der Waals surface area contributed by atoms with E-state index in [0.29, 0.717) is 18.5 Å². The molecule has 0 spiro atoms. The highest BCUT2D eigenvalue weighted by Crippen LogP contribution is 2.35. The Morgan fingerprint density at radius 3 is 2.63 bits per heavy atom. The summed E-state index contributed by atoms with van der Waals surface area (Å²) in [6.45, 7) is 5.66. The molecule has 148 valence electrons. The van der Waals surface area contributed by atoms with Gasteiger partial charge >= 0.3 is 0 Å². The van der Waals surface area contributed by atoms with Crippen molar-refractivity contribution in [2.24, 2.45) is 5.92 Å². The van der Waals surface area contributed by atoms with Crippen molar-refractivity contribution < 1.29 is 14.4 Å². The van der Waals surface area contributed by atoms with Crippen molar-refractivity contribution in [2.75, 3.05) is 51.3 Å². The Morgan fingerprint density at radius 1 is 1.07 bits per heavy atom. The van der Waals surface area contributed by atoms with Crippen LogP contribution < -0.4 is 14.5 Å². The number of methoxy groups -OCH3 is 1. The van der Waals surface area contributed by atoms with Crippen LogP contribution in [0.1, 0.15) is 38.5 Å². The Hall–Kier alpha value is -1.75. The molecule has 0 aromatic heterocycles. The van der Waals surface area contributed by atoms with E-state index in [1.807, 2.05) is 12.1 Å². The highest BCUT2D eigenvalue weighted by molar-refractivity contribution is 5.77.